The quantitative estimate of drug-likeness (QED) is 0.736. The Bertz CT molecular complexity index is 369. The van der Waals surface area contributed by atoms with Gasteiger partial charge in [0.2, 0.25) is 0 Å². The molecule has 1 heterocycles. The summed E-state index contributed by atoms with van der Waals surface area (Å²) in [6.45, 7) is 8.52. The standard InChI is InChI=1S/C13H18ClN/c1-5-9(3)12(6-2)13-7-11(14)8-15-10(13)4/h6-9H,5H2,1-4H3/b12-6-. The van der Waals surface area contributed by atoms with Crippen molar-refractivity contribution < 1.29 is 0 Å². The lowest BCUT2D eigenvalue weighted by Gasteiger charge is -2.16. The lowest BCUT2D eigenvalue weighted by Crippen LogP contribution is -2.00. The molecule has 0 aliphatic carbocycles. The van der Waals surface area contributed by atoms with Crippen molar-refractivity contribution in [2.24, 2.45) is 5.92 Å². The van der Waals surface area contributed by atoms with Crippen LogP contribution in [0.25, 0.3) is 5.57 Å². The summed E-state index contributed by atoms with van der Waals surface area (Å²) in [6, 6.07) is 2.01. The van der Waals surface area contributed by atoms with E-state index in [2.05, 4.69) is 31.8 Å². The van der Waals surface area contributed by atoms with Gasteiger partial charge < -0.3 is 0 Å². The minimum atomic E-state index is 0.550. The van der Waals surface area contributed by atoms with E-state index in [0.29, 0.717) is 10.9 Å². The van der Waals surface area contributed by atoms with Crippen molar-refractivity contribution >= 4 is 17.2 Å². The summed E-state index contributed by atoms with van der Waals surface area (Å²) >= 11 is 5.98. The largest absolute Gasteiger partial charge is 0.259 e. The molecule has 0 N–H and O–H groups in total. The van der Waals surface area contributed by atoms with E-state index in [1.54, 1.807) is 6.20 Å². The van der Waals surface area contributed by atoms with Crippen LogP contribution in [-0.2, 0) is 0 Å². The Morgan fingerprint density at radius 3 is 2.80 bits per heavy atom. The number of halogens is 1. The summed E-state index contributed by atoms with van der Waals surface area (Å²) < 4.78 is 0. The molecule has 0 aliphatic heterocycles. The van der Waals surface area contributed by atoms with E-state index in [-0.39, 0.29) is 0 Å². The van der Waals surface area contributed by atoms with Gasteiger partial charge in [0.1, 0.15) is 0 Å². The molecule has 1 aromatic heterocycles. The van der Waals surface area contributed by atoms with Gasteiger partial charge in [0.25, 0.3) is 0 Å². The van der Waals surface area contributed by atoms with E-state index in [1.165, 1.54) is 11.1 Å². The van der Waals surface area contributed by atoms with Gasteiger partial charge in [0.15, 0.2) is 0 Å². The highest BCUT2D eigenvalue weighted by Gasteiger charge is 2.11. The molecule has 0 amide bonds. The Balaban J connectivity index is 3.18. The third kappa shape index (κ3) is 2.82. The van der Waals surface area contributed by atoms with Crippen LogP contribution < -0.4 is 0 Å². The van der Waals surface area contributed by atoms with Crippen molar-refractivity contribution in [1.82, 2.24) is 4.98 Å². The van der Waals surface area contributed by atoms with Crippen LogP contribution >= 0.6 is 11.6 Å². The molecule has 0 spiro atoms. The molecule has 1 atom stereocenters. The van der Waals surface area contributed by atoms with Gasteiger partial charge >= 0.3 is 0 Å². The molecule has 15 heavy (non-hydrogen) atoms. The van der Waals surface area contributed by atoms with Gasteiger partial charge in [-0.2, -0.15) is 0 Å². The molecule has 1 unspecified atom stereocenters. The molecule has 0 bridgehead atoms. The minimum absolute atomic E-state index is 0.550. The Kier molecular flexibility index (Phi) is 4.34. The molecule has 0 fully saturated rings. The maximum absolute atomic E-state index is 5.98. The first-order valence-electron chi connectivity index (χ1n) is 5.38. The predicted octanol–water partition coefficient (Wildman–Crippen LogP) is 4.49. The molecular formula is C13H18ClN. The molecule has 0 aromatic carbocycles. The summed E-state index contributed by atoms with van der Waals surface area (Å²) in [5.74, 6) is 0.550. The fourth-order valence-corrected chi connectivity index (χ4v) is 1.88. The first kappa shape index (κ1) is 12.3. The predicted molar refractivity (Wildman–Crippen MR) is 67.1 cm³/mol. The van der Waals surface area contributed by atoms with Crippen molar-refractivity contribution in [1.29, 1.82) is 0 Å². The van der Waals surface area contributed by atoms with Gasteiger partial charge in [-0.05, 0) is 37.8 Å². The van der Waals surface area contributed by atoms with Crippen molar-refractivity contribution in [2.45, 2.75) is 34.1 Å². The van der Waals surface area contributed by atoms with E-state index in [1.807, 2.05) is 13.0 Å². The second-order valence-electron chi connectivity index (χ2n) is 3.84. The minimum Gasteiger partial charge on any atom is -0.259 e. The number of aryl methyl sites for hydroxylation is 1. The highest BCUT2D eigenvalue weighted by Crippen LogP contribution is 2.28. The lowest BCUT2D eigenvalue weighted by atomic mass is 9.91. The van der Waals surface area contributed by atoms with Crippen LogP contribution in [0.3, 0.4) is 0 Å². The zero-order chi connectivity index (χ0) is 11.4. The smallest absolute Gasteiger partial charge is 0.0595 e. The summed E-state index contributed by atoms with van der Waals surface area (Å²) in [5.41, 5.74) is 3.57. The Morgan fingerprint density at radius 1 is 1.60 bits per heavy atom. The average molecular weight is 224 g/mol. The van der Waals surface area contributed by atoms with Crippen molar-refractivity contribution in [3.63, 3.8) is 0 Å². The number of hydrogen-bond donors (Lipinski definition) is 0. The maximum atomic E-state index is 5.98. The Hall–Kier alpha value is -0.820. The zero-order valence-electron chi connectivity index (χ0n) is 9.84. The molecule has 1 nitrogen and oxygen atoms in total. The average Bonchev–Trinajstić information content (AvgIpc) is 2.23. The van der Waals surface area contributed by atoms with Crippen LogP contribution in [0.5, 0.6) is 0 Å². The summed E-state index contributed by atoms with van der Waals surface area (Å²) in [4.78, 5) is 4.29. The van der Waals surface area contributed by atoms with Crippen LogP contribution in [0.15, 0.2) is 18.3 Å². The van der Waals surface area contributed by atoms with Gasteiger partial charge in [-0.3, -0.25) is 4.98 Å². The van der Waals surface area contributed by atoms with E-state index in [4.69, 9.17) is 11.6 Å². The number of nitrogens with zero attached hydrogens (tertiary/aromatic N) is 1. The number of pyridine rings is 1. The molecule has 0 saturated heterocycles. The van der Waals surface area contributed by atoms with Crippen molar-refractivity contribution in [3.05, 3.63) is 34.6 Å². The number of hydrogen-bond acceptors (Lipinski definition) is 1. The summed E-state index contributed by atoms with van der Waals surface area (Å²) in [7, 11) is 0. The van der Waals surface area contributed by atoms with Gasteiger partial charge in [-0.25, -0.2) is 0 Å². The molecular weight excluding hydrogens is 206 g/mol. The van der Waals surface area contributed by atoms with Crippen LogP contribution in [0.1, 0.15) is 38.4 Å². The fraction of sp³-hybridized carbons (Fsp3) is 0.462. The van der Waals surface area contributed by atoms with Crippen molar-refractivity contribution in [2.75, 3.05) is 0 Å². The van der Waals surface area contributed by atoms with Crippen LogP contribution in [-0.4, -0.2) is 4.98 Å². The van der Waals surface area contributed by atoms with Crippen LogP contribution in [0, 0.1) is 12.8 Å². The lowest BCUT2D eigenvalue weighted by molar-refractivity contribution is 0.715. The molecule has 82 valence electrons. The highest BCUT2D eigenvalue weighted by atomic mass is 35.5. The van der Waals surface area contributed by atoms with Gasteiger partial charge in [-0.15, -0.1) is 0 Å². The zero-order valence-corrected chi connectivity index (χ0v) is 10.6. The maximum Gasteiger partial charge on any atom is 0.0595 e. The Morgan fingerprint density at radius 2 is 2.27 bits per heavy atom. The van der Waals surface area contributed by atoms with Crippen LogP contribution in [0.2, 0.25) is 5.02 Å². The van der Waals surface area contributed by atoms with Crippen molar-refractivity contribution in [3.8, 4) is 0 Å². The second kappa shape index (κ2) is 5.32. The molecule has 0 saturated carbocycles. The molecule has 2 heteroatoms. The molecule has 0 aliphatic rings. The number of aromatic nitrogens is 1. The van der Waals surface area contributed by atoms with E-state index in [9.17, 15) is 0 Å². The third-order valence-electron chi connectivity index (χ3n) is 2.82. The fourth-order valence-electron chi connectivity index (χ4n) is 1.73. The molecule has 1 aromatic rings. The Labute approximate surface area is 97.2 Å². The van der Waals surface area contributed by atoms with Gasteiger partial charge in [-0.1, -0.05) is 31.5 Å². The second-order valence-corrected chi connectivity index (χ2v) is 4.28. The topological polar surface area (TPSA) is 12.9 Å². The van der Waals surface area contributed by atoms with E-state index in [0.717, 1.165) is 12.1 Å². The summed E-state index contributed by atoms with van der Waals surface area (Å²) in [6.07, 6.45) is 4.99. The monoisotopic (exact) mass is 223 g/mol. The third-order valence-corrected chi connectivity index (χ3v) is 3.03. The van der Waals surface area contributed by atoms with Crippen LogP contribution in [0.4, 0.5) is 0 Å². The molecule has 1 rings (SSSR count). The van der Waals surface area contributed by atoms with E-state index >= 15 is 0 Å². The number of allylic oxidation sites excluding steroid dienone is 2. The SMILES string of the molecule is C/C=C(\c1cc(Cl)cnc1C)C(C)CC. The number of rotatable bonds is 3. The molecule has 0 radical (unpaired) electrons. The first-order chi connectivity index (χ1) is 7.10. The highest BCUT2D eigenvalue weighted by molar-refractivity contribution is 6.30. The van der Waals surface area contributed by atoms with Gasteiger partial charge in [0.05, 0.1) is 5.02 Å². The summed E-state index contributed by atoms with van der Waals surface area (Å²) in [5, 5.41) is 0.707. The normalized spacial score (nSPS) is 14.1. The van der Waals surface area contributed by atoms with E-state index < -0.39 is 0 Å². The van der Waals surface area contributed by atoms with Gasteiger partial charge in [0, 0.05) is 17.5 Å². The first-order valence-corrected chi connectivity index (χ1v) is 5.76.